The summed E-state index contributed by atoms with van der Waals surface area (Å²) in [5.41, 5.74) is 1.15. The molecule has 4 nitrogen and oxygen atoms in total. The van der Waals surface area contributed by atoms with Crippen LogP contribution in [0.2, 0.25) is 0 Å². The second kappa shape index (κ2) is 8.54. The van der Waals surface area contributed by atoms with Crippen LogP contribution in [0.1, 0.15) is 23.8 Å². The van der Waals surface area contributed by atoms with Gasteiger partial charge in [-0.25, -0.2) is 4.79 Å². The maximum Gasteiger partial charge on any atom is 0.318 e. The van der Waals surface area contributed by atoms with Crippen molar-refractivity contribution in [3.05, 3.63) is 29.8 Å². The van der Waals surface area contributed by atoms with E-state index in [-0.39, 0.29) is 11.4 Å². The Morgan fingerprint density at radius 2 is 2.19 bits per heavy atom. The molecule has 0 radical (unpaired) electrons. The molecule has 1 unspecified atom stereocenters. The molecule has 0 aromatic heterocycles. The molecule has 1 aliphatic heterocycles. The summed E-state index contributed by atoms with van der Waals surface area (Å²) in [5, 5.41) is 3.82. The van der Waals surface area contributed by atoms with E-state index in [1.54, 1.807) is 18.8 Å². The number of rotatable bonds is 6. The highest BCUT2D eigenvalue weighted by atomic mass is 79.9. The average Bonchev–Trinajstić information content (AvgIpc) is 3.01. The lowest BCUT2D eigenvalue weighted by atomic mass is 10.2. The lowest BCUT2D eigenvalue weighted by Gasteiger charge is -2.23. The van der Waals surface area contributed by atoms with Crippen LogP contribution in [0.5, 0.6) is 5.75 Å². The highest BCUT2D eigenvalue weighted by molar-refractivity contribution is 9.09. The van der Waals surface area contributed by atoms with Crippen LogP contribution < -0.4 is 10.1 Å². The smallest absolute Gasteiger partial charge is 0.318 e. The number of urea groups is 1. The number of alkyl halides is 1. The second-order valence-corrected chi connectivity index (χ2v) is 6.77. The minimum Gasteiger partial charge on any atom is -0.494 e. The summed E-state index contributed by atoms with van der Waals surface area (Å²) < 4.78 is 5.70. The molecule has 0 aliphatic carbocycles. The first-order valence-corrected chi connectivity index (χ1v) is 9.32. The molecule has 1 aromatic carbocycles. The maximum absolute atomic E-state index is 11.8. The summed E-state index contributed by atoms with van der Waals surface area (Å²) >= 11 is 5.21. The Bertz CT molecular complexity index is 455. The number of hydrogen-bond acceptors (Lipinski definition) is 3. The van der Waals surface area contributed by atoms with Gasteiger partial charge in [-0.2, -0.15) is 0 Å². The van der Waals surface area contributed by atoms with Crippen LogP contribution in [0.4, 0.5) is 4.79 Å². The molecule has 0 spiro atoms. The van der Waals surface area contributed by atoms with E-state index in [9.17, 15) is 4.79 Å². The number of amides is 2. The Kier molecular flexibility index (Phi) is 6.70. The molecule has 0 bridgehead atoms. The predicted octanol–water partition coefficient (Wildman–Crippen LogP) is 3.63. The molecule has 1 aromatic rings. The van der Waals surface area contributed by atoms with Crippen molar-refractivity contribution in [2.75, 3.05) is 31.3 Å². The number of carbonyl (C=O) groups excluding carboxylic acids is 1. The minimum absolute atomic E-state index is 0.0138. The predicted molar refractivity (Wildman–Crippen MR) is 91.3 cm³/mol. The van der Waals surface area contributed by atoms with Gasteiger partial charge in [0.15, 0.2) is 0 Å². The SMILES string of the molecule is CNC(=O)N1CCSC1c1ccc(OCCCCBr)cc1. The monoisotopic (exact) mass is 372 g/mol. The van der Waals surface area contributed by atoms with Crippen molar-refractivity contribution in [3.8, 4) is 5.75 Å². The van der Waals surface area contributed by atoms with Gasteiger partial charge in [0.2, 0.25) is 0 Å². The highest BCUT2D eigenvalue weighted by Gasteiger charge is 2.29. The molecule has 1 saturated heterocycles. The van der Waals surface area contributed by atoms with Gasteiger partial charge in [0.05, 0.1) is 6.61 Å². The van der Waals surface area contributed by atoms with Gasteiger partial charge in [-0.05, 0) is 30.5 Å². The van der Waals surface area contributed by atoms with Gasteiger partial charge in [0.25, 0.3) is 0 Å². The molecule has 6 heteroatoms. The first-order chi connectivity index (χ1) is 10.3. The van der Waals surface area contributed by atoms with E-state index < -0.39 is 0 Å². The summed E-state index contributed by atoms with van der Waals surface area (Å²) in [6.45, 7) is 1.54. The summed E-state index contributed by atoms with van der Waals surface area (Å²) in [5.74, 6) is 1.87. The van der Waals surface area contributed by atoms with Gasteiger partial charge in [-0.1, -0.05) is 28.1 Å². The normalized spacial score (nSPS) is 17.8. The molecule has 2 amide bonds. The third kappa shape index (κ3) is 4.54. The topological polar surface area (TPSA) is 41.6 Å². The van der Waals surface area contributed by atoms with Crippen LogP contribution in [0.25, 0.3) is 0 Å². The zero-order valence-corrected chi connectivity index (χ0v) is 14.6. The lowest BCUT2D eigenvalue weighted by Crippen LogP contribution is -2.37. The van der Waals surface area contributed by atoms with Crippen molar-refractivity contribution < 1.29 is 9.53 Å². The van der Waals surface area contributed by atoms with Crippen LogP contribution >= 0.6 is 27.7 Å². The van der Waals surface area contributed by atoms with E-state index in [2.05, 4.69) is 33.4 Å². The van der Waals surface area contributed by atoms with Crippen molar-refractivity contribution in [2.45, 2.75) is 18.2 Å². The molecular formula is C15H21BrN2O2S. The van der Waals surface area contributed by atoms with Crippen LogP contribution in [0.15, 0.2) is 24.3 Å². The van der Waals surface area contributed by atoms with E-state index in [1.165, 1.54) is 0 Å². The molecule has 21 heavy (non-hydrogen) atoms. The molecule has 2 rings (SSSR count). The van der Waals surface area contributed by atoms with E-state index >= 15 is 0 Å². The van der Waals surface area contributed by atoms with Gasteiger partial charge in [0, 0.05) is 24.7 Å². The minimum atomic E-state index is -0.0138. The van der Waals surface area contributed by atoms with Gasteiger partial charge >= 0.3 is 6.03 Å². The Morgan fingerprint density at radius 1 is 1.43 bits per heavy atom. The number of nitrogens with one attached hydrogen (secondary N) is 1. The molecule has 1 heterocycles. The largest absolute Gasteiger partial charge is 0.494 e. The third-order valence-electron chi connectivity index (χ3n) is 3.33. The van der Waals surface area contributed by atoms with Gasteiger partial charge in [0.1, 0.15) is 11.1 Å². The number of unbranched alkanes of at least 4 members (excludes halogenated alkanes) is 1. The fourth-order valence-corrected chi connectivity index (χ4v) is 3.87. The third-order valence-corrected chi connectivity index (χ3v) is 5.15. The standard InChI is InChI=1S/C15H21BrN2O2S/c1-17-15(19)18-9-11-21-14(18)12-4-6-13(7-5-12)20-10-3-2-8-16/h4-7,14H,2-3,8-11H2,1H3,(H,17,19). The molecule has 1 fully saturated rings. The van der Waals surface area contributed by atoms with E-state index in [0.717, 1.165) is 48.4 Å². The summed E-state index contributed by atoms with van der Waals surface area (Å²) in [6.07, 6.45) is 2.17. The quantitative estimate of drug-likeness (QED) is 0.612. The second-order valence-electron chi connectivity index (χ2n) is 4.79. The van der Waals surface area contributed by atoms with Crippen LogP contribution in [-0.4, -0.2) is 42.2 Å². The fourth-order valence-electron chi connectivity index (χ4n) is 2.21. The molecule has 116 valence electrons. The van der Waals surface area contributed by atoms with E-state index in [4.69, 9.17) is 4.74 Å². The van der Waals surface area contributed by atoms with Gasteiger partial charge < -0.3 is 15.0 Å². The molecule has 1 aliphatic rings. The van der Waals surface area contributed by atoms with Crippen molar-refractivity contribution in [3.63, 3.8) is 0 Å². The van der Waals surface area contributed by atoms with Crippen LogP contribution in [0, 0.1) is 0 Å². The molecule has 0 saturated carbocycles. The number of benzene rings is 1. The summed E-state index contributed by atoms with van der Waals surface area (Å²) in [7, 11) is 1.67. The zero-order valence-electron chi connectivity index (χ0n) is 12.2. The van der Waals surface area contributed by atoms with Crippen LogP contribution in [-0.2, 0) is 0 Å². The first-order valence-electron chi connectivity index (χ1n) is 7.15. The Hall–Kier alpha value is -0.880. The summed E-state index contributed by atoms with van der Waals surface area (Å²) in [4.78, 5) is 13.7. The van der Waals surface area contributed by atoms with Crippen molar-refractivity contribution in [2.24, 2.45) is 0 Å². The number of carbonyl (C=O) groups is 1. The highest BCUT2D eigenvalue weighted by Crippen LogP contribution is 2.38. The van der Waals surface area contributed by atoms with Crippen LogP contribution in [0.3, 0.4) is 0 Å². The zero-order chi connectivity index (χ0) is 15.1. The molecule has 1 atom stereocenters. The number of hydrogen-bond donors (Lipinski definition) is 1. The van der Waals surface area contributed by atoms with E-state index in [1.807, 2.05) is 17.0 Å². The number of nitrogens with zero attached hydrogens (tertiary/aromatic N) is 1. The number of ether oxygens (including phenoxy) is 1. The molecule has 1 N–H and O–H groups in total. The number of halogens is 1. The first kappa shape index (κ1) is 16.5. The maximum atomic E-state index is 11.8. The Balaban J connectivity index is 1.93. The van der Waals surface area contributed by atoms with Gasteiger partial charge in [-0.3, -0.25) is 0 Å². The Labute approximate surface area is 138 Å². The molecular weight excluding hydrogens is 352 g/mol. The Morgan fingerprint density at radius 3 is 2.86 bits per heavy atom. The number of thioether (sulfide) groups is 1. The van der Waals surface area contributed by atoms with Crippen molar-refractivity contribution in [1.29, 1.82) is 0 Å². The summed E-state index contributed by atoms with van der Waals surface area (Å²) in [6, 6.07) is 8.08. The fraction of sp³-hybridized carbons (Fsp3) is 0.533. The van der Waals surface area contributed by atoms with Crippen molar-refractivity contribution >= 4 is 33.7 Å². The van der Waals surface area contributed by atoms with Gasteiger partial charge in [-0.15, -0.1) is 11.8 Å². The lowest BCUT2D eigenvalue weighted by molar-refractivity contribution is 0.202. The average molecular weight is 373 g/mol. The van der Waals surface area contributed by atoms with Crippen molar-refractivity contribution in [1.82, 2.24) is 10.2 Å². The van der Waals surface area contributed by atoms with E-state index in [0.29, 0.717) is 0 Å².